The maximum atomic E-state index is 12.5. The number of carbonyl (C=O) groups excluding carboxylic acids is 1. The van der Waals surface area contributed by atoms with Crippen molar-refractivity contribution in [2.75, 3.05) is 6.54 Å². The van der Waals surface area contributed by atoms with Gasteiger partial charge in [0.15, 0.2) is 0 Å². The molecule has 5 heteroatoms. The minimum atomic E-state index is -0.651. The van der Waals surface area contributed by atoms with Crippen LogP contribution in [-0.2, 0) is 0 Å². The lowest BCUT2D eigenvalue weighted by molar-refractivity contribution is 0.107. The molecule has 1 aliphatic rings. The zero-order chi connectivity index (χ0) is 16.8. The SMILES string of the molecule is CC(C)CCC(C)NC(=O)N1CCCC1CC(O)c1ccco1. The Balaban J connectivity index is 1.84. The van der Waals surface area contributed by atoms with E-state index in [9.17, 15) is 9.90 Å². The highest BCUT2D eigenvalue weighted by Gasteiger charge is 2.31. The van der Waals surface area contributed by atoms with E-state index in [1.165, 1.54) is 0 Å². The predicted molar refractivity (Wildman–Crippen MR) is 90.1 cm³/mol. The topological polar surface area (TPSA) is 65.7 Å². The van der Waals surface area contributed by atoms with Gasteiger partial charge in [-0.15, -0.1) is 0 Å². The summed E-state index contributed by atoms with van der Waals surface area (Å²) < 4.78 is 5.25. The van der Waals surface area contributed by atoms with E-state index in [0.29, 0.717) is 18.1 Å². The second-order valence-electron chi connectivity index (χ2n) is 7.08. The second kappa shape index (κ2) is 8.39. The molecule has 2 rings (SSSR count). The van der Waals surface area contributed by atoms with Crippen LogP contribution in [-0.4, -0.2) is 34.7 Å². The van der Waals surface area contributed by atoms with Gasteiger partial charge in [-0.3, -0.25) is 0 Å². The van der Waals surface area contributed by atoms with E-state index in [1.807, 2.05) is 4.90 Å². The average molecular weight is 322 g/mol. The summed E-state index contributed by atoms with van der Waals surface area (Å²) in [5.74, 6) is 1.22. The molecule has 1 fully saturated rings. The van der Waals surface area contributed by atoms with Gasteiger partial charge in [-0.1, -0.05) is 13.8 Å². The number of carbonyl (C=O) groups is 1. The van der Waals surface area contributed by atoms with Crippen LogP contribution < -0.4 is 5.32 Å². The van der Waals surface area contributed by atoms with Crippen LogP contribution in [0.2, 0.25) is 0 Å². The number of nitrogens with zero attached hydrogens (tertiary/aromatic N) is 1. The van der Waals surface area contributed by atoms with E-state index >= 15 is 0 Å². The minimum absolute atomic E-state index is 0.00426. The molecule has 3 atom stereocenters. The molecule has 1 aromatic heterocycles. The van der Waals surface area contributed by atoms with Crippen LogP contribution in [0.3, 0.4) is 0 Å². The van der Waals surface area contributed by atoms with E-state index < -0.39 is 6.10 Å². The molecule has 23 heavy (non-hydrogen) atoms. The van der Waals surface area contributed by atoms with E-state index in [4.69, 9.17) is 4.42 Å². The Hall–Kier alpha value is -1.49. The van der Waals surface area contributed by atoms with E-state index in [-0.39, 0.29) is 18.1 Å². The van der Waals surface area contributed by atoms with Crippen molar-refractivity contribution in [2.45, 2.75) is 71.1 Å². The van der Waals surface area contributed by atoms with E-state index in [0.717, 1.165) is 32.2 Å². The van der Waals surface area contributed by atoms with Gasteiger partial charge in [0.05, 0.1) is 6.26 Å². The monoisotopic (exact) mass is 322 g/mol. The molecule has 1 aromatic rings. The highest BCUT2D eigenvalue weighted by molar-refractivity contribution is 5.75. The number of hydrogen-bond acceptors (Lipinski definition) is 3. The zero-order valence-electron chi connectivity index (χ0n) is 14.5. The molecular weight excluding hydrogens is 292 g/mol. The number of rotatable bonds is 7. The molecule has 0 spiro atoms. The maximum Gasteiger partial charge on any atom is 0.317 e. The fourth-order valence-corrected chi connectivity index (χ4v) is 3.15. The number of amides is 2. The van der Waals surface area contributed by atoms with Crippen LogP contribution in [0.25, 0.3) is 0 Å². The van der Waals surface area contributed by atoms with Gasteiger partial charge < -0.3 is 19.7 Å². The van der Waals surface area contributed by atoms with Gasteiger partial charge in [-0.25, -0.2) is 4.79 Å². The molecule has 5 nitrogen and oxygen atoms in total. The molecule has 2 N–H and O–H groups in total. The highest BCUT2D eigenvalue weighted by atomic mass is 16.4. The van der Waals surface area contributed by atoms with Crippen molar-refractivity contribution in [3.8, 4) is 0 Å². The van der Waals surface area contributed by atoms with E-state index in [2.05, 4.69) is 26.1 Å². The molecule has 2 amide bonds. The Kier molecular flexibility index (Phi) is 6.51. The number of urea groups is 1. The van der Waals surface area contributed by atoms with E-state index in [1.54, 1.807) is 18.4 Å². The fraction of sp³-hybridized carbons (Fsp3) is 0.722. The van der Waals surface area contributed by atoms with Crippen molar-refractivity contribution >= 4 is 6.03 Å². The molecule has 1 aliphatic heterocycles. The van der Waals surface area contributed by atoms with Crippen LogP contribution in [0.1, 0.15) is 64.7 Å². The normalized spacial score (nSPS) is 20.7. The van der Waals surface area contributed by atoms with Gasteiger partial charge in [-0.2, -0.15) is 0 Å². The minimum Gasteiger partial charge on any atom is -0.467 e. The third-order valence-corrected chi connectivity index (χ3v) is 4.55. The summed E-state index contributed by atoms with van der Waals surface area (Å²) >= 11 is 0. The van der Waals surface area contributed by atoms with Crippen molar-refractivity contribution in [1.29, 1.82) is 0 Å². The lowest BCUT2D eigenvalue weighted by Crippen LogP contribution is -2.46. The lowest BCUT2D eigenvalue weighted by atomic mass is 10.0. The Bertz CT molecular complexity index is 473. The number of likely N-dealkylation sites (tertiary alicyclic amines) is 1. The first kappa shape index (κ1) is 17.9. The number of furan rings is 1. The number of hydrogen-bond donors (Lipinski definition) is 2. The van der Waals surface area contributed by atoms with Crippen molar-refractivity contribution < 1.29 is 14.3 Å². The van der Waals surface area contributed by atoms with Crippen molar-refractivity contribution in [2.24, 2.45) is 5.92 Å². The second-order valence-corrected chi connectivity index (χ2v) is 7.08. The largest absolute Gasteiger partial charge is 0.467 e. The first-order valence-corrected chi connectivity index (χ1v) is 8.76. The summed E-state index contributed by atoms with van der Waals surface area (Å²) in [6.07, 6.45) is 5.48. The summed E-state index contributed by atoms with van der Waals surface area (Å²) in [6.45, 7) is 7.21. The highest BCUT2D eigenvalue weighted by Crippen LogP contribution is 2.27. The first-order valence-electron chi connectivity index (χ1n) is 8.76. The Morgan fingerprint density at radius 1 is 1.43 bits per heavy atom. The molecule has 0 bridgehead atoms. The van der Waals surface area contributed by atoms with Crippen molar-refractivity contribution in [3.05, 3.63) is 24.2 Å². The number of aliphatic hydroxyl groups excluding tert-OH is 1. The molecule has 3 unspecified atom stereocenters. The van der Waals surface area contributed by atoms with Crippen LogP contribution in [0.4, 0.5) is 4.79 Å². The molecule has 1 saturated heterocycles. The van der Waals surface area contributed by atoms with Gasteiger partial charge in [-0.05, 0) is 50.7 Å². The summed E-state index contributed by atoms with van der Waals surface area (Å²) in [5, 5.41) is 13.3. The summed E-state index contributed by atoms with van der Waals surface area (Å²) in [6, 6.07) is 3.80. The van der Waals surface area contributed by atoms with Crippen LogP contribution >= 0.6 is 0 Å². The molecule has 0 radical (unpaired) electrons. The molecule has 0 saturated carbocycles. The number of aliphatic hydroxyl groups is 1. The standard InChI is InChI=1S/C18H30N2O3/c1-13(2)8-9-14(3)19-18(22)20-10-4-6-15(20)12-16(21)17-7-5-11-23-17/h5,7,11,13-16,21H,4,6,8-10,12H2,1-3H3,(H,19,22). The van der Waals surface area contributed by atoms with Crippen molar-refractivity contribution in [3.63, 3.8) is 0 Å². The smallest absolute Gasteiger partial charge is 0.317 e. The quantitative estimate of drug-likeness (QED) is 0.804. The summed E-state index contributed by atoms with van der Waals surface area (Å²) in [7, 11) is 0. The molecule has 0 aliphatic carbocycles. The fourth-order valence-electron chi connectivity index (χ4n) is 3.15. The van der Waals surface area contributed by atoms with Gasteiger partial charge in [0.1, 0.15) is 11.9 Å². The third-order valence-electron chi connectivity index (χ3n) is 4.55. The van der Waals surface area contributed by atoms with Crippen LogP contribution in [0.15, 0.2) is 22.8 Å². The van der Waals surface area contributed by atoms with Crippen molar-refractivity contribution in [1.82, 2.24) is 10.2 Å². The summed E-state index contributed by atoms with van der Waals surface area (Å²) in [5.41, 5.74) is 0. The van der Waals surface area contributed by atoms with Gasteiger partial charge in [0.25, 0.3) is 0 Å². The third kappa shape index (κ3) is 5.27. The van der Waals surface area contributed by atoms with Crippen LogP contribution in [0, 0.1) is 5.92 Å². The van der Waals surface area contributed by atoms with Gasteiger partial charge in [0, 0.05) is 25.0 Å². The Labute approximate surface area is 139 Å². The number of nitrogens with one attached hydrogen (secondary N) is 1. The molecule has 0 aromatic carbocycles. The zero-order valence-corrected chi connectivity index (χ0v) is 14.5. The molecule has 130 valence electrons. The molecule has 2 heterocycles. The molecular formula is C18H30N2O3. The summed E-state index contributed by atoms with van der Waals surface area (Å²) in [4.78, 5) is 14.4. The average Bonchev–Trinajstić information content (AvgIpc) is 3.16. The predicted octanol–water partition coefficient (Wildman–Crippen LogP) is 3.70. The van der Waals surface area contributed by atoms with Gasteiger partial charge in [0.2, 0.25) is 0 Å². The van der Waals surface area contributed by atoms with Crippen LogP contribution in [0.5, 0.6) is 0 Å². The van der Waals surface area contributed by atoms with Gasteiger partial charge >= 0.3 is 6.03 Å². The lowest BCUT2D eigenvalue weighted by Gasteiger charge is -2.28. The Morgan fingerprint density at radius 3 is 2.87 bits per heavy atom. The Morgan fingerprint density at radius 2 is 2.22 bits per heavy atom. The maximum absolute atomic E-state index is 12.5. The first-order chi connectivity index (χ1) is 11.0.